The van der Waals surface area contributed by atoms with Crippen molar-refractivity contribution in [2.45, 2.75) is 6.23 Å². The molecule has 4 heteroatoms. The summed E-state index contributed by atoms with van der Waals surface area (Å²) in [5.41, 5.74) is 1.88. The van der Waals surface area contributed by atoms with Crippen LogP contribution in [0.1, 0.15) is 22.1 Å². The number of ether oxygens (including phenoxy) is 1. The van der Waals surface area contributed by atoms with Gasteiger partial charge in [0.15, 0.2) is 0 Å². The van der Waals surface area contributed by atoms with Gasteiger partial charge in [0.1, 0.15) is 0 Å². The first-order valence-electron chi connectivity index (χ1n) is 7.01. The van der Waals surface area contributed by atoms with Crippen LogP contribution in [0.15, 0.2) is 66.7 Å². The van der Waals surface area contributed by atoms with Crippen molar-refractivity contribution >= 4 is 22.4 Å². The summed E-state index contributed by atoms with van der Waals surface area (Å²) < 4.78 is 5.46. The minimum atomic E-state index is -0.853. The van der Waals surface area contributed by atoms with Gasteiger partial charge in [-0.2, -0.15) is 0 Å². The molecule has 0 saturated carbocycles. The topological polar surface area (TPSA) is 49.8 Å². The normalized spacial score (nSPS) is 16.4. The minimum Gasteiger partial charge on any atom is -0.431 e. The number of esters is 1. The number of hydroxylamine groups is 1. The molecule has 0 amide bonds. The van der Waals surface area contributed by atoms with E-state index in [-0.39, 0.29) is 0 Å². The van der Waals surface area contributed by atoms with Gasteiger partial charge in [0.2, 0.25) is 6.23 Å². The third kappa shape index (κ3) is 1.85. The minimum absolute atomic E-state index is 0.427. The zero-order chi connectivity index (χ0) is 15.1. The molecule has 3 aromatic carbocycles. The highest BCUT2D eigenvalue weighted by Gasteiger charge is 2.32. The van der Waals surface area contributed by atoms with Crippen LogP contribution >= 0.6 is 0 Å². The zero-order valence-corrected chi connectivity index (χ0v) is 11.6. The predicted octanol–water partition coefficient (Wildman–Crippen LogP) is 3.90. The summed E-state index contributed by atoms with van der Waals surface area (Å²) in [6.45, 7) is 0. The Morgan fingerprint density at radius 3 is 2.41 bits per heavy atom. The number of anilines is 1. The fourth-order valence-electron chi connectivity index (χ4n) is 2.87. The monoisotopic (exact) mass is 291 g/mol. The Morgan fingerprint density at radius 2 is 1.64 bits per heavy atom. The standard InChI is InChI=1S/C18H13NO3/c20-18-15-11-5-7-12-6-4-10-14(16(12)15)17(22-18)19(21)13-8-2-1-3-9-13/h1-11,17,21H. The predicted molar refractivity (Wildman–Crippen MR) is 82.8 cm³/mol. The van der Waals surface area contributed by atoms with E-state index < -0.39 is 12.2 Å². The molecule has 1 N–H and O–H groups in total. The molecule has 1 atom stereocenters. The van der Waals surface area contributed by atoms with Gasteiger partial charge >= 0.3 is 5.97 Å². The molecule has 0 fully saturated rings. The van der Waals surface area contributed by atoms with Gasteiger partial charge in [0, 0.05) is 10.9 Å². The van der Waals surface area contributed by atoms with E-state index in [1.807, 2.05) is 48.5 Å². The second kappa shape index (κ2) is 4.86. The Hall–Kier alpha value is -2.85. The molecule has 1 aliphatic rings. The third-order valence-corrected chi connectivity index (χ3v) is 3.88. The first-order chi connectivity index (χ1) is 10.8. The lowest BCUT2D eigenvalue weighted by molar-refractivity contribution is 0.00127. The van der Waals surface area contributed by atoms with E-state index in [1.54, 1.807) is 18.2 Å². The molecule has 0 aliphatic carbocycles. The van der Waals surface area contributed by atoms with E-state index >= 15 is 0 Å². The summed E-state index contributed by atoms with van der Waals surface area (Å²) in [5, 5.41) is 13.3. The highest BCUT2D eigenvalue weighted by atomic mass is 16.6. The molecular weight excluding hydrogens is 278 g/mol. The number of para-hydroxylation sites is 1. The number of carbonyl (C=O) groups excluding carboxylic acids is 1. The van der Waals surface area contributed by atoms with Crippen molar-refractivity contribution in [1.82, 2.24) is 0 Å². The van der Waals surface area contributed by atoms with Crippen molar-refractivity contribution in [2.24, 2.45) is 0 Å². The third-order valence-electron chi connectivity index (χ3n) is 3.88. The second-order valence-electron chi connectivity index (χ2n) is 5.19. The Bertz CT molecular complexity index is 855. The molecule has 0 saturated heterocycles. The van der Waals surface area contributed by atoms with Crippen molar-refractivity contribution in [3.05, 3.63) is 77.9 Å². The highest BCUT2D eigenvalue weighted by Crippen LogP contribution is 2.37. The summed E-state index contributed by atoms with van der Waals surface area (Å²) in [5.74, 6) is -0.427. The average Bonchev–Trinajstić information content (AvgIpc) is 2.58. The van der Waals surface area contributed by atoms with Crippen LogP contribution in [0.4, 0.5) is 5.69 Å². The Kier molecular flexibility index (Phi) is 2.84. The van der Waals surface area contributed by atoms with Gasteiger partial charge in [-0.1, -0.05) is 48.5 Å². The van der Waals surface area contributed by atoms with E-state index in [0.29, 0.717) is 11.3 Å². The van der Waals surface area contributed by atoms with Gasteiger partial charge in [-0.05, 0) is 23.6 Å². The molecule has 1 aliphatic heterocycles. The number of carbonyl (C=O) groups is 1. The molecule has 3 aromatic rings. The fraction of sp³-hybridized carbons (Fsp3) is 0.0556. The Labute approximate surface area is 127 Å². The molecule has 4 nitrogen and oxygen atoms in total. The van der Waals surface area contributed by atoms with E-state index in [4.69, 9.17) is 4.74 Å². The van der Waals surface area contributed by atoms with Crippen LogP contribution < -0.4 is 5.06 Å². The van der Waals surface area contributed by atoms with E-state index in [9.17, 15) is 10.0 Å². The highest BCUT2D eigenvalue weighted by molar-refractivity contribution is 6.07. The van der Waals surface area contributed by atoms with Gasteiger partial charge in [-0.25, -0.2) is 9.86 Å². The molecule has 0 bridgehead atoms. The molecule has 4 rings (SSSR count). The second-order valence-corrected chi connectivity index (χ2v) is 5.19. The van der Waals surface area contributed by atoms with E-state index in [2.05, 4.69) is 0 Å². The van der Waals surface area contributed by atoms with Crippen molar-refractivity contribution in [3.63, 3.8) is 0 Å². The van der Waals surface area contributed by atoms with Gasteiger partial charge < -0.3 is 4.74 Å². The number of benzene rings is 3. The average molecular weight is 291 g/mol. The summed E-state index contributed by atoms with van der Waals surface area (Å²) in [6.07, 6.45) is -0.853. The molecular formula is C18H13NO3. The van der Waals surface area contributed by atoms with Crippen LogP contribution in [0.5, 0.6) is 0 Å². The van der Waals surface area contributed by atoms with E-state index in [1.165, 1.54) is 0 Å². The summed E-state index contributed by atoms with van der Waals surface area (Å²) >= 11 is 0. The van der Waals surface area contributed by atoms with Crippen molar-refractivity contribution < 1.29 is 14.7 Å². The van der Waals surface area contributed by atoms with Gasteiger partial charge in [0.25, 0.3) is 0 Å². The van der Waals surface area contributed by atoms with Crippen LogP contribution in [0, 0.1) is 0 Å². The smallest absolute Gasteiger partial charge is 0.341 e. The Balaban J connectivity index is 1.90. The molecule has 0 aromatic heterocycles. The van der Waals surface area contributed by atoms with Gasteiger partial charge in [-0.15, -0.1) is 0 Å². The lowest BCUT2D eigenvalue weighted by Gasteiger charge is -2.31. The molecule has 0 spiro atoms. The van der Waals surface area contributed by atoms with Crippen molar-refractivity contribution in [1.29, 1.82) is 0 Å². The van der Waals surface area contributed by atoms with Gasteiger partial charge in [-0.3, -0.25) is 5.21 Å². The maximum absolute atomic E-state index is 12.3. The van der Waals surface area contributed by atoms with Crippen molar-refractivity contribution in [2.75, 3.05) is 5.06 Å². The summed E-state index contributed by atoms with van der Waals surface area (Å²) in [4.78, 5) is 12.3. The molecule has 108 valence electrons. The van der Waals surface area contributed by atoms with Gasteiger partial charge in [0.05, 0.1) is 11.3 Å². The number of hydrogen-bond acceptors (Lipinski definition) is 4. The SMILES string of the molecule is O=C1OC(N(O)c2ccccc2)c2cccc3cccc1c23. The lowest BCUT2D eigenvalue weighted by Crippen LogP contribution is -2.32. The van der Waals surface area contributed by atoms with Crippen LogP contribution in [0.3, 0.4) is 0 Å². The molecule has 0 radical (unpaired) electrons. The number of rotatable bonds is 2. The summed E-state index contributed by atoms with van der Waals surface area (Å²) in [6, 6.07) is 20.2. The Morgan fingerprint density at radius 1 is 0.909 bits per heavy atom. The zero-order valence-electron chi connectivity index (χ0n) is 11.6. The number of hydrogen-bond donors (Lipinski definition) is 1. The van der Waals surface area contributed by atoms with Crippen LogP contribution in [0.25, 0.3) is 10.8 Å². The quantitative estimate of drug-likeness (QED) is 0.574. The van der Waals surface area contributed by atoms with E-state index in [0.717, 1.165) is 21.4 Å². The maximum Gasteiger partial charge on any atom is 0.341 e. The first kappa shape index (κ1) is 12.9. The van der Waals surface area contributed by atoms with Crippen LogP contribution in [0.2, 0.25) is 0 Å². The first-order valence-corrected chi connectivity index (χ1v) is 7.01. The maximum atomic E-state index is 12.3. The largest absolute Gasteiger partial charge is 0.431 e. The fourth-order valence-corrected chi connectivity index (χ4v) is 2.87. The van der Waals surface area contributed by atoms with Crippen LogP contribution in [-0.4, -0.2) is 11.2 Å². The lowest BCUT2D eigenvalue weighted by atomic mass is 9.96. The van der Waals surface area contributed by atoms with Crippen molar-refractivity contribution in [3.8, 4) is 0 Å². The molecule has 1 heterocycles. The molecule has 22 heavy (non-hydrogen) atoms. The number of nitrogens with zero attached hydrogens (tertiary/aromatic N) is 1. The van der Waals surface area contributed by atoms with Crippen LogP contribution in [-0.2, 0) is 4.74 Å². The summed E-state index contributed by atoms with van der Waals surface area (Å²) in [7, 11) is 0. The number of cyclic esters (lactones) is 1. The molecule has 1 unspecified atom stereocenters.